The van der Waals surface area contributed by atoms with Crippen LogP contribution < -0.4 is 39.4 Å². The summed E-state index contributed by atoms with van der Waals surface area (Å²) in [6.45, 7) is 3.29. The third-order valence-electron chi connectivity index (χ3n) is 4.60. The van der Waals surface area contributed by atoms with Crippen LogP contribution in [0.25, 0.3) is 0 Å². The van der Waals surface area contributed by atoms with Crippen LogP contribution in [0.5, 0.6) is 5.75 Å². The van der Waals surface area contributed by atoms with Crippen molar-refractivity contribution in [2.75, 3.05) is 6.61 Å². The number of aryl methyl sites for hydroxylation is 1. The molecule has 158 valence electrons. The number of carboxylic acids is 1. The van der Waals surface area contributed by atoms with Crippen LogP contribution in [0.1, 0.15) is 11.9 Å². The van der Waals surface area contributed by atoms with Gasteiger partial charge in [0.2, 0.25) is 0 Å². The van der Waals surface area contributed by atoms with Gasteiger partial charge in [0.15, 0.2) is 16.4 Å². The number of aliphatic carboxylic acids is 1. The molecule has 0 aliphatic carbocycles. The molecule has 2 saturated heterocycles. The molecule has 1 N–H and O–H groups in total. The van der Waals surface area contributed by atoms with Gasteiger partial charge < -0.3 is 19.8 Å². The Labute approximate surface area is 213 Å². The fourth-order valence-corrected chi connectivity index (χ4v) is 7.88. The zero-order valence-corrected chi connectivity index (χ0v) is 21.4. The van der Waals surface area contributed by atoms with Gasteiger partial charge in [0.25, 0.3) is 5.91 Å². The SMILES string of the molecule is Cc1nnc(S[C@@]2(C)S[C@@H]3[C@H](N=C([O-])COc4ccccc4)C(=O)N3[C@@H]2C(=O)O)s1.[Na+]. The predicted octanol–water partition coefficient (Wildman–Crippen LogP) is -1.77. The molecule has 9 nitrogen and oxygen atoms in total. The van der Waals surface area contributed by atoms with E-state index in [0.29, 0.717) is 10.1 Å². The van der Waals surface area contributed by atoms with Crippen molar-refractivity contribution < 1.29 is 54.1 Å². The number of thioether (sulfide) groups is 2. The van der Waals surface area contributed by atoms with Gasteiger partial charge in [-0.15, -0.1) is 22.0 Å². The summed E-state index contributed by atoms with van der Waals surface area (Å²) in [6.07, 6.45) is 0. The first-order valence-electron chi connectivity index (χ1n) is 8.92. The van der Waals surface area contributed by atoms with Crippen LogP contribution in [0.4, 0.5) is 0 Å². The first-order chi connectivity index (χ1) is 14.3. The molecule has 31 heavy (non-hydrogen) atoms. The smallest absolute Gasteiger partial charge is 0.860 e. The summed E-state index contributed by atoms with van der Waals surface area (Å²) < 4.78 is 5.12. The molecule has 2 aromatic rings. The Balaban J connectivity index is 0.00000272. The fraction of sp³-hybridized carbons (Fsp3) is 0.389. The minimum Gasteiger partial charge on any atom is -0.860 e. The Morgan fingerprint density at radius 1 is 1.39 bits per heavy atom. The molecule has 0 unspecified atom stereocenters. The van der Waals surface area contributed by atoms with E-state index in [-0.39, 0.29) is 36.2 Å². The van der Waals surface area contributed by atoms with E-state index in [0.717, 1.165) is 5.01 Å². The number of carbonyl (C=O) groups is 2. The van der Waals surface area contributed by atoms with Crippen molar-refractivity contribution in [3.63, 3.8) is 0 Å². The van der Waals surface area contributed by atoms with Crippen molar-refractivity contribution in [1.29, 1.82) is 0 Å². The number of hydrogen-bond acceptors (Lipinski definition) is 10. The summed E-state index contributed by atoms with van der Waals surface area (Å²) in [7, 11) is 0. The normalized spacial score (nSPS) is 27.3. The molecule has 1 amide bonds. The van der Waals surface area contributed by atoms with Crippen molar-refractivity contribution in [2.24, 2.45) is 4.99 Å². The third-order valence-corrected chi connectivity index (χ3v) is 8.58. The second kappa shape index (κ2) is 9.67. The van der Waals surface area contributed by atoms with E-state index < -0.39 is 39.3 Å². The Kier molecular flexibility index (Phi) is 7.59. The number of aliphatic imine (C=N–C) groups is 1. The van der Waals surface area contributed by atoms with E-state index in [1.165, 1.54) is 39.8 Å². The number of ether oxygens (including phenoxy) is 1. The number of amides is 1. The molecule has 1 aromatic heterocycles. The third kappa shape index (κ3) is 4.88. The molecule has 13 heteroatoms. The first-order valence-corrected chi connectivity index (χ1v) is 11.4. The average molecular weight is 489 g/mol. The van der Waals surface area contributed by atoms with Gasteiger partial charge in [-0.05, 0) is 31.9 Å². The molecule has 1 aromatic carbocycles. The average Bonchev–Trinajstić information content (AvgIpc) is 3.23. The molecule has 2 aliphatic rings. The van der Waals surface area contributed by atoms with Gasteiger partial charge in [-0.25, -0.2) is 4.79 Å². The van der Waals surface area contributed by atoms with Gasteiger partial charge in [-0.2, -0.15) is 0 Å². The van der Waals surface area contributed by atoms with E-state index in [1.807, 2.05) is 13.0 Å². The molecule has 3 heterocycles. The zero-order valence-electron chi connectivity index (χ0n) is 16.9. The maximum absolute atomic E-state index is 12.6. The van der Waals surface area contributed by atoms with Crippen LogP contribution in [0.15, 0.2) is 39.7 Å². The summed E-state index contributed by atoms with van der Waals surface area (Å²) in [5, 5.41) is 30.3. The van der Waals surface area contributed by atoms with Crippen LogP contribution in [-0.4, -0.2) is 66.1 Å². The molecular weight excluding hydrogens is 471 g/mol. The molecule has 0 saturated carbocycles. The first kappa shape index (κ1) is 24.3. The molecule has 2 fully saturated rings. The quantitative estimate of drug-likeness (QED) is 0.208. The standard InChI is InChI=1S/C18H18N4O5S3.Na/c1-9-20-21-17(28-9)30-18(2)13(16(25)26)22-14(24)12(15(22)29-18)19-11(23)8-27-10-6-4-3-5-7-10;/h3-7,12-13,15H,8H2,1-2H3,(H,19,23)(H,25,26);/q;+1/p-1/t12-,13-,15-,18-;/m1./s1. The monoisotopic (exact) mass is 488 g/mol. The molecule has 0 radical (unpaired) electrons. The number of para-hydroxylation sites is 1. The van der Waals surface area contributed by atoms with Crippen LogP contribution in [-0.2, 0) is 9.59 Å². The fourth-order valence-electron chi connectivity index (χ4n) is 3.31. The molecule has 0 bridgehead atoms. The van der Waals surface area contributed by atoms with E-state index >= 15 is 0 Å². The van der Waals surface area contributed by atoms with Crippen molar-refractivity contribution in [2.45, 2.75) is 39.7 Å². The summed E-state index contributed by atoms with van der Waals surface area (Å²) >= 11 is 3.94. The van der Waals surface area contributed by atoms with E-state index in [2.05, 4.69) is 15.2 Å². The number of aromatic nitrogens is 2. The largest absolute Gasteiger partial charge is 1.00 e. The maximum Gasteiger partial charge on any atom is 1.00 e. The minimum absolute atomic E-state index is 0. The molecule has 0 spiro atoms. The number of carbonyl (C=O) groups excluding carboxylic acids is 1. The number of carboxylic acid groups (broad SMARTS) is 1. The number of nitrogens with zero attached hydrogens (tertiary/aromatic N) is 4. The van der Waals surface area contributed by atoms with Crippen LogP contribution in [0.3, 0.4) is 0 Å². The van der Waals surface area contributed by atoms with Crippen LogP contribution in [0, 0.1) is 6.92 Å². The van der Waals surface area contributed by atoms with Crippen molar-refractivity contribution >= 4 is 52.6 Å². The second-order valence-electron chi connectivity index (χ2n) is 6.77. The molecule has 4 atom stereocenters. The Morgan fingerprint density at radius 2 is 2.10 bits per heavy atom. The summed E-state index contributed by atoms with van der Waals surface area (Å²) in [4.78, 5) is 29.9. The number of fused-ring (bicyclic) bond motifs is 1. The predicted molar refractivity (Wildman–Crippen MR) is 112 cm³/mol. The molecule has 2 aliphatic heterocycles. The summed E-state index contributed by atoms with van der Waals surface area (Å²) in [5.41, 5.74) is 0. The van der Waals surface area contributed by atoms with Gasteiger partial charge in [-0.3, -0.25) is 9.79 Å². The van der Waals surface area contributed by atoms with Gasteiger partial charge >= 0.3 is 35.5 Å². The molecular formula is C18H17N4NaO5S3. The van der Waals surface area contributed by atoms with Gasteiger partial charge in [-0.1, -0.05) is 41.3 Å². The molecule has 4 rings (SSSR count). The maximum atomic E-state index is 12.6. The van der Waals surface area contributed by atoms with E-state index in [4.69, 9.17) is 4.74 Å². The topological polar surface area (TPSA) is 128 Å². The van der Waals surface area contributed by atoms with Crippen LogP contribution in [0.2, 0.25) is 0 Å². The van der Waals surface area contributed by atoms with Gasteiger partial charge in [0.1, 0.15) is 22.7 Å². The Hall–Kier alpha value is -1.31. The van der Waals surface area contributed by atoms with Crippen molar-refractivity contribution in [3.05, 3.63) is 35.3 Å². The van der Waals surface area contributed by atoms with E-state index in [1.54, 1.807) is 31.2 Å². The minimum atomic E-state index is -1.10. The van der Waals surface area contributed by atoms with E-state index in [9.17, 15) is 19.8 Å². The Morgan fingerprint density at radius 3 is 2.71 bits per heavy atom. The number of β-lactam (4-membered cyclic amide) rings is 1. The Bertz CT molecular complexity index is 1010. The van der Waals surface area contributed by atoms with Crippen molar-refractivity contribution in [1.82, 2.24) is 15.1 Å². The zero-order chi connectivity index (χ0) is 21.5. The number of rotatable bonds is 7. The second-order valence-corrected chi connectivity index (χ2v) is 11.5. The van der Waals surface area contributed by atoms with Gasteiger partial charge in [0, 0.05) is 0 Å². The number of benzene rings is 1. The van der Waals surface area contributed by atoms with Crippen molar-refractivity contribution in [3.8, 4) is 5.75 Å². The summed E-state index contributed by atoms with van der Waals surface area (Å²) in [5.74, 6) is -1.61. The summed E-state index contributed by atoms with van der Waals surface area (Å²) in [6, 6.07) is 6.85. The van der Waals surface area contributed by atoms with Gasteiger partial charge in [0.05, 0.1) is 4.08 Å². The number of hydrogen-bond donors (Lipinski definition) is 1. The van der Waals surface area contributed by atoms with Crippen LogP contribution >= 0.6 is 34.9 Å².